The van der Waals surface area contributed by atoms with Crippen molar-refractivity contribution >= 4 is 67.3 Å². The summed E-state index contributed by atoms with van der Waals surface area (Å²) in [4.78, 5) is 16.9. The van der Waals surface area contributed by atoms with Crippen LogP contribution in [0.1, 0.15) is 24.2 Å². The van der Waals surface area contributed by atoms with Gasteiger partial charge in [-0.3, -0.25) is 4.55 Å². The Balaban J connectivity index is 0.00000486. The van der Waals surface area contributed by atoms with E-state index < -0.39 is 16.1 Å². The molecule has 0 atom stereocenters. The van der Waals surface area contributed by atoms with Crippen LogP contribution in [-0.4, -0.2) is 37.3 Å². The summed E-state index contributed by atoms with van der Waals surface area (Å²) in [5.41, 5.74) is 2.50. The van der Waals surface area contributed by atoms with E-state index in [0.717, 1.165) is 5.75 Å². The molecule has 0 spiro atoms. The maximum absolute atomic E-state index is 12.5. The summed E-state index contributed by atoms with van der Waals surface area (Å²) in [5, 5.41) is 14.5. The molecule has 0 radical (unpaired) electrons. The molecule has 0 amide bonds. The third kappa shape index (κ3) is 7.79. The first-order valence-electron chi connectivity index (χ1n) is 15.0. The van der Waals surface area contributed by atoms with Gasteiger partial charge in [-0.15, -0.1) is 0 Å². The van der Waals surface area contributed by atoms with Crippen LogP contribution in [0.25, 0.3) is 33.4 Å². The molecule has 4 aromatic rings. The Labute approximate surface area is 319 Å². The Morgan fingerprint density at radius 1 is 0.840 bits per heavy atom. The van der Waals surface area contributed by atoms with Crippen LogP contribution < -0.4 is 49.7 Å². The Morgan fingerprint density at radius 2 is 1.52 bits per heavy atom. The Kier molecular flexibility index (Phi) is 11.5. The number of rotatable bonds is 10. The van der Waals surface area contributed by atoms with Crippen molar-refractivity contribution < 1.29 is 66.3 Å². The average Bonchev–Trinajstić information content (AvgIpc) is 3.06. The van der Waals surface area contributed by atoms with E-state index in [2.05, 4.69) is 5.32 Å². The van der Waals surface area contributed by atoms with Crippen molar-refractivity contribution in [1.29, 1.82) is 0 Å². The van der Waals surface area contributed by atoms with Gasteiger partial charge in [-0.25, -0.2) is 9.79 Å². The molecule has 50 heavy (non-hydrogen) atoms. The minimum atomic E-state index is -4.63. The van der Waals surface area contributed by atoms with Crippen molar-refractivity contribution in [3.8, 4) is 33.9 Å². The van der Waals surface area contributed by atoms with Gasteiger partial charge in [-0.05, 0) is 86.6 Å². The zero-order valence-electron chi connectivity index (χ0n) is 27.0. The second kappa shape index (κ2) is 15.4. The van der Waals surface area contributed by atoms with Gasteiger partial charge in [0.25, 0.3) is 10.1 Å². The molecule has 14 heteroatoms. The molecule has 250 valence electrons. The molecule has 0 saturated heterocycles. The predicted molar refractivity (Wildman–Crippen MR) is 189 cm³/mol. The topological polar surface area (TPSA) is 148 Å². The number of hydrogen-bond acceptors (Lipinski definition) is 8. The number of anilines is 2. The summed E-state index contributed by atoms with van der Waals surface area (Å²) in [6.07, 6.45) is 0. The molecule has 10 nitrogen and oxygen atoms in total. The van der Waals surface area contributed by atoms with Crippen LogP contribution in [0.2, 0.25) is 10.0 Å². The molecule has 3 N–H and O–H groups in total. The molecule has 4 aromatic carbocycles. The summed E-state index contributed by atoms with van der Waals surface area (Å²) in [6.45, 7) is 4.50. The molecule has 1 aliphatic carbocycles. The van der Waals surface area contributed by atoms with Gasteiger partial charge < -0.3 is 24.3 Å². The second-order valence-corrected chi connectivity index (χ2v) is 12.9. The van der Waals surface area contributed by atoms with Crippen LogP contribution in [0.5, 0.6) is 11.5 Å². The molecule has 0 saturated carbocycles. The van der Waals surface area contributed by atoms with Gasteiger partial charge >= 0.3 is 35.5 Å². The molecular weight excluding hydrogens is 714 g/mol. The van der Waals surface area contributed by atoms with Crippen molar-refractivity contribution in [1.82, 2.24) is 0 Å². The smallest absolute Gasteiger partial charge is 0.494 e. The number of carboxylic acids is 1. The van der Waals surface area contributed by atoms with E-state index in [0.29, 0.717) is 57.8 Å². The van der Waals surface area contributed by atoms with Crippen LogP contribution in [0.15, 0.2) is 105 Å². The summed E-state index contributed by atoms with van der Waals surface area (Å²) in [7, 11) is -4.63. The third-order valence-electron chi connectivity index (χ3n) is 7.50. The predicted octanol–water partition coefficient (Wildman–Crippen LogP) is 6.23. The van der Waals surface area contributed by atoms with Crippen molar-refractivity contribution in [3.63, 3.8) is 0 Å². The Bertz CT molecular complexity index is 2380. The SMILES string of the molecule is CCOc1ccc(N=c2ccc3c(-c4c(Cl)ccc(Cl)c4C(=O)O)c4ccc(Nc5ccc(OCC)cc5S(=O)(=O)O)cc4oc-3c2)cc1.[Na+]. The number of fused-ring (bicyclic) bond motifs is 2. The molecule has 0 unspecified atom stereocenters. The minimum Gasteiger partial charge on any atom is -0.494 e. The van der Waals surface area contributed by atoms with Crippen LogP contribution in [0, 0.1) is 0 Å². The van der Waals surface area contributed by atoms with E-state index in [-0.39, 0.29) is 67.1 Å². The van der Waals surface area contributed by atoms with E-state index in [1.807, 2.05) is 31.2 Å². The minimum absolute atomic E-state index is 0. The zero-order chi connectivity index (χ0) is 34.9. The summed E-state index contributed by atoms with van der Waals surface area (Å²) in [5.74, 6) is 0.0820. The Hall–Kier alpha value is -4.07. The molecule has 6 rings (SSSR count). The van der Waals surface area contributed by atoms with Crippen LogP contribution in [0.3, 0.4) is 0 Å². The van der Waals surface area contributed by atoms with Gasteiger partial charge in [-0.1, -0.05) is 23.2 Å². The van der Waals surface area contributed by atoms with Gasteiger partial charge in [0.15, 0.2) is 0 Å². The number of carbonyl (C=O) groups is 1. The zero-order valence-corrected chi connectivity index (χ0v) is 31.4. The largest absolute Gasteiger partial charge is 1.00 e. The molecule has 0 aromatic heterocycles. The molecule has 0 fully saturated rings. The Morgan fingerprint density at radius 3 is 2.20 bits per heavy atom. The van der Waals surface area contributed by atoms with Crippen molar-refractivity contribution in [2.24, 2.45) is 4.99 Å². The van der Waals surface area contributed by atoms with E-state index in [9.17, 15) is 22.9 Å². The first-order chi connectivity index (χ1) is 23.5. The molecule has 0 bridgehead atoms. The second-order valence-electron chi connectivity index (χ2n) is 10.7. The van der Waals surface area contributed by atoms with Gasteiger partial charge in [0.05, 0.1) is 40.5 Å². The molecule has 1 heterocycles. The van der Waals surface area contributed by atoms with Crippen LogP contribution in [-0.2, 0) is 10.1 Å². The number of carboxylic acid groups (broad SMARTS) is 1. The first-order valence-corrected chi connectivity index (χ1v) is 17.2. The van der Waals surface area contributed by atoms with E-state index in [1.54, 1.807) is 49.4 Å². The fourth-order valence-corrected chi connectivity index (χ4v) is 6.62. The standard InChI is InChI=1S/C36H28Cl2N2O8S.Na/c1-3-46-23-9-5-20(6-10-23)39-21-7-12-25-30(17-21)48-31-18-22(40-29-16-11-24(47-4-2)19-32(29)49(43,44)45)8-13-26(31)33(25)34-27(37)14-15-28(38)35(34)36(41)42;/h5-19,40H,3-4H2,1-2H3,(H,41,42)(H,43,44,45);/q;+1. The number of halogens is 2. The summed E-state index contributed by atoms with van der Waals surface area (Å²) < 4.78 is 51.8. The van der Waals surface area contributed by atoms with Gasteiger partial charge in [0.1, 0.15) is 27.7 Å². The molecular formula is C36H28Cl2N2NaO8S+. The van der Waals surface area contributed by atoms with Crippen LogP contribution >= 0.6 is 23.2 Å². The average molecular weight is 743 g/mol. The number of aromatic carboxylic acids is 1. The number of benzene rings is 5. The van der Waals surface area contributed by atoms with Gasteiger partial charge in [-0.2, -0.15) is 8.42 Å². The number of nitrogens with zero attached hydrogens (tertiary/aromatic N) is 1. The summed E-state index contributed by atoms with van der Waals surface area (Å²) >= 11 is 13.1. The van der Waals surface area contributed by atoms with E-state index in [1.165, 1.54) is 24.3 Å². The molecule has 1 aliphatic heterocycles. The number of ether oxygens (including phenoxy) is 2. The quantitative estimate of drug-likeness (QED) is 0.0844. The monoisotopic (exact) mass is 741 g/mol. The van der Waals surface area contributed by atoms with Gasteiger partial charge in [0.2, 0.25) is 0 Å². The van der Waals surface area contributed by atoms with Crippen molar-refractivity contribution in [2.75, 3.05) is 18.5 Å². The third-order valence-corrected chi connectivity index (χ3v) is 9.02. The number of nitrogens with one attached hydrogen (secondary N) is 1. The van der Waals surface area contributed by atoms with E-state index >= 15 is 0 Å². The summed E-state index contributed by atoms with van der Waals surface area (Å²) in [6, 6.07) is 24.8. The first kappa shape index (κ1) is 37.2. The maximum atomic E-state index is 12.5. The normalized spacial score (nSPS) is 11.7. The number of hydrogen-bond donors (Lipinski definition) is 3. The molecule has 2 aliphatic rings. The maximum Gasteiger partial charge on any atom is 1.00 e. The van der Waals surface area contributed by atoms with Crippen molar-refractivity contribution in [2.45, 2.75) is 18.7 Å². The fourth-order valence-electron chi connectivity index (χ4n) is 5.46. The van der Waals surface area contributed by atoms with E-state index in [4.69, 9.17) is 42.1 Å². The van der Waals surface area contributed by atoms with Crippen molar-refractivity contribution in [3.05, 3.63) is 112 Å². The fraction of sp³-hybridized carbons (Fsp3) is 0.111. The van der Waals surface area contributed by atoms with Gasteiger partial charge in [0, 0.05) is 51.0 Å². The van der Waals surface area contributed by atoms with Crippen LogP contribution in [0.4, 0.5) is 17.1 Å².